The molecule has 2 aliphatic heterocycles. The van der Waals surface area contributed by atoms with E-state index in [-0.39, 0.29) is 48.2 Å². The second-order valence-electron chi connectivity index (χ2n) is 9.59. The Kier molecular flexibility index (Phi) is 12.0. The first-order valence-electron chi connectivity index (χ1n) is 12.6. The van der Waals surface area contributed by atoms with E-state index < -0.39 is 35.3 Å². The predicted molar refractivity (Wildman–Crippen MR) is 150 cm³/mol. The number of carbonyl (C=O) groups is 3. The largest absolute Gasteiger partial charge is 0.466 e. The predicted octanol–water partition coefficient (Wildman–Crippen LogP) is 3.46. The maximum Gasteiger partial charge on any atom is 0.341 e. The van der Waals surface area contributed by atoms with E-state index in [1.54, 1.807) is 12.3 Å². The number of aromatic nitrogens is 1. The number of hydrogen-bond donors (Lipinski definition) is 2. The highest BCUT2D eigenvalue weighted by atomic mass is 35.5. The van der Waals surface area contributed by atoms with Crippen LogP contribution in [0.5, 0.6) is 0 Å². The van der Waals surface area contributed by atoms with Crippen molar-refractivity contribution in [1.82, 2.24) is 25.2 Å². The number of likely N-dealkylation sites (tertiary alicyclic amines) is 1. The van der Waals surface area contributed by atoms with Crippen LogP contribution in [0.1, 0.15) is 43.5 Å². The van der Waals surface area contributed by atoms with Gasteiger partial charge in [0.25, 0.3) is 0 Å². The monoisotopic (exact) mass is 615 g/mol. The number of amides is 3. The molecule has 4 rings (SSSR count). The molecular weight excluding hydrogens is 583 g/mol. The number of methoxy groups -OCH3 is 1. The lowest BCUT2D eigenvalue weighted by Gasteiger charge is -2.42. The molecule has 0 aliphatic carbocycles. The molecule has 1 unspecified atom stereocenters. The van der Waals surface area contributed by atoms with Crippen molar-refractivity contribution in [3.05, 3.63) is 76.8 Å². The van der Waals surface area contributed by atoms with Crippen LogP contribution in [0.2, 0.25) is 0 Å². The van der Waals surface area contributed by atoms with E-state index in [1.807, 2.05) is 12.1 Å². The molecule has 1 atom stereocenters. The van der Waals surface area contributed by atoms with Gasteiger partial charge in [0.05, 0.1) is 18.4 Å². The Bertz CT molecular complexity index is 1260. The summed E-state index contributed by atoms with van der Waals surface area (Å²) in [4.78, 5) is 44.4. The molecule has 41 heavy (non-hydrogen) atoms. The highest BCUT2D eigenvalue weighted by molar-refractivity contribution is 5.95. The number of urea groups is 1. The molecule has 3 amide bonds. The second-order valence-corrected chi connectivity index (χ2v) is 9.59. The Balaban J connectivity index is 0.00000294. The van der Waals surface area contributed by atoms with E-state index in [4.69, 9.17) is 4.74 Å². The van der Waals surface area contributed by atoms with Crippen molar-refractivity contribution < 1.29 is 33.0 Å². The Morgan fingerprint density at radius 2 is 1.93 bits per heavy atom. The first-order chi connectivity index (χ1) is 18.7. The van der Waals surface area contributed by atoms with Gasteiger partial charge in [-0.05, 0) is 62.6 Å². The number of carbonyl (C=O) groups excluding carboxylic acids is 3. The number of nitrogens with one attached hydrogen (secondary N) is 1. The number of nitrogens with zero attached hydrogens (tertiary/aromatic N) is 4. The van der Waals surface area contributed by atoms with Gasteiger partial charge in [0.15, 0.2) is 11.6 Å². The van der Waals surface area contributed by atoms with Crippen molar-refractivity contribution in [2.45, 2.75) is 37.8 Å². The summed E-state index contributed by atoms with van der Waals surface area (Å²) in [5.41, 5.74) is -0.0942. The van der Waals surface area contributed by atoms with Gasteiger partial charge in [0.1, 0.15) is 11.6 Å². The number of rotatable bonds is 9. The number of halogens is 4. The van der Waals surface area contributed by atoms with Gasteiger partial charge in [-0.2, -0.15) is 0 Å². The van der Waals surface area contributed by atoms with Crippen molar-refractivity contribution in [3.63, 3.8) is 0 Å². The Morgan fingerprint density at radius 1 is 1.22 bits per heavy atom. The van der Waals surface area contributed by atoms with Crippen LogP contribution < -0.4 is 5.32 Å². The number of esters is 1. The molecule has 224 valence electrons. The van der Waals surface area contributed by atoms with E-state index >= 15 is 0 Å². The van der Waals surface area contributed by atoms with Crippen LogP contribution in [0.15, 0.2) is 53.9 Å². The fourth-order valence-electron chi connectivity index (χ4n) is 5.07. The third-order valence-corrected chi connectivity index (χ3v) is 7.17. The Labute approximate surface area is 249 Å². The minimum atomic E-state index is -1.23. The molecular formula is C27H33Cl2F2N5O5. The summed E-state index contributed by atoms with van der Waals surface area (Å²) in [7, 11) is 1.16. The van der Waals surface area contributed by atoms with Gasteiger partial charge in [-0.15, -0.1) is 24.8 Å². The van der Waals surface area contributed by atoms with Crippen LogP contribution in [0, 0.1) is 11.6 Å². The topological polar surface area (TPSA) is 115 Å². The first-order valence-corrected chi connectivity index (χ1v) is 12.6. The summed E-state index contributed by atoms with van der Waals surface area (Å²) in [6.07, 6.45) is 3.57. The highest BCUT2D eigenvalue weighted by Crippen LogP contribution is 2.36. The van der Waals surface area contributed by atoms with Gasteiger partial charge in [-0.1, -0.05) is 12.1 Å². The van der Waals surface area contributed by atoms with Crippen molar-refractivity contribution >= 4 is 43.2 Å². The van der Waals surface area contributed by atoms with E-state index in [0.29, 0.717) is 51.0 Å². The molecule has 2 aromatic rings. The summed E-state index contributed by atoms with van der Waals surface area (Å²) in [6.45, 7) is 3.40. The van der Waals surface area contributed by atoms with Crippen LogP contribution in [-0.4, -0.2) is 76.7 Å². The van der Waals surface area contributed by atoms with Crippen molar-refractivity contribution in [1.29, 1.82) is 0 Å². The number of hydrogen-bond acceptors (Lipinski definition) is 7. The van der Waals surface area contributed by atoms with Crippen LogP contribution >= 0.6 is 24.8 Å². The lowest BCUT2D eigenvalue weighted by Crippen LogP contribution is -2.56. The van der Waals surface area contributed by atoms with E-state index in [0.717, 1.165) is 29.3 Å². The van der Waals surface area contributed by atoms with Gasteiger partial charge < -0.3 is 20.1 Å². The molecule has 1 aromatic heterocycles. The van der Waals surface area contributed by atoms with Crippen molar-refractivity contribution in [2.24, 2.45) is 0 Å². The highest BCUT2D eigenvalue weighted by Gasteiger charge is 2.42. The average Bonchev–Trinajstić information content (AvgIpc) is 2.94. The quantitative estimate of drug-likeness (QED) is 0.328. The second kappa shape index (κ2) is 14.5. The van der Waals surface area contributed by atoms with Crippen LogP contribution in [0.3, 0.4) is 0 Å². The number of piperidine rings is 1. The molecule has 10 nitrogen and oxygen atoms in total. The average molecular weight is 616 g/mol. The number of ether oxygens (including phenoxy) is 1. The Hall–Kier alpha value is -3.32. The SMILES string of the molecule is COC(=O)C1=C(C)NC(=O)N(N(C=O)CCCN2CCC(O)(c3ccccn3)CC2)C1c1ccc(F)c(F)c1.Cl.Cl. The van der Waals surface area contributed by atoms with E-state index in [1.165, 1.54) is 13.0 Å². The lowest BCUT2D eigenvalue weighted by atomic mass is 9.87. The molecule has 0 radical (unpaired) electrons. The molecule has 14 heteroatoms. The Morgan fingerprint density at radius 3 is 2.51 bits per heavy atom. The summed E-state index contributed by atoms with van der Waals surface area (Å²) >= 11 is 0. The van der Waals surface area contributed by atoms with E-state index in [2.05, 4.69) is 15.2 Å². The van der Waals surface area contributed by atoms with Crippen LogP contribution in [0.25, 0.3) is 0 Å². The van der Waals surface area contributed by atoms with Crippen LogP contribution in [0.4, 0.5) is 13.6 Å². The van der Waals surface area contributed by atoms with Gasteiger partial charge in [0.2, 0.25) is 6.41 Å². The van der Waals surface area contributed by atoms with E-state index in [9.17, 15) is 28.3 Å². The summed E-state index contributed by atoms with van der Waals surface area (Å²) < 4.78 is 32.8. The minimum Gasteiger partial charge on any atom is -0.466 e. The fraction of sp³-hybridized carbons (Fsp3) is 0.407. The summed E-state index contributed by atoms with van der Waals surface area (Å²) in [5, 5.41) is 15.7. The van der Waals surface area contributed by atoms with Crippen molar-refractivity contribution in [2.75, 3.05) is 33.3 Å². The zero-order valence-electron chi connectivity index (χ0n) is 22.6. The third-order valence-electron chi connectivity index (χ3n) is 7.17. The molecule has 2 aliphatic rings. The maximum atomic E-state index is 14.2. The minimum absolute atomic E-state index is 0. The molecule has 0 spiro atoms. The van der Waals surface area contributed by atoms with Crippen LogP contribution in [-0.2, 0) is 19.9 Å². The third kappa shape index (κ3) is 7.31. The summed E-state index contributed by atoms with van der Waals surface area (Å²) in [5.74, 6) is -3.03. The standard InChI is InChI=1S/C27H31F2N5O5.2ClH/c1-18-23(25(36)39-2)24(19-7-8-20(28)21(29)16-19)34(26(37)31-18)33(17-35)13-5-12-32-14-9-27(38,10-15-32)22-6-3-4-11-30-22;;/h3-4,6-8,11,16-17,24,38H,5,9-10,12-15H2,1-2H3,(H,31,37);2*1H. The molecule has 1 aromatic carbocycles. The fourth-order valence-corrected chi connectivity index (χ4v) is 5.07. The van der Waals surface area contributed by atoms with Gasteiger partial charge >= 0.3 is 12.0 Å². The first kappa shape index (κ1) is 33.9. The molecule has 3 heterocycles. The number of allylic oxidation sites excluding steroid dienone is 1. The number of aliphatic hydroxyl groups is 1. The number of benzene rings is 1. The van der Waals surface area contributed by atoms with Gasteiger partial charge in [-0.3, -0.25) is 14.8 Å². The maximum absolute atomic E-state index is 14.2. The molecule has 0 bridgehead atoms. The van der Waals surface area contributed by atoms with Crippen molar-refractivity contribution in [3.8, 4) is 0 Å². The molecule has 2 N–H and O–H groups in total. The smallest absolute Gasteiger partial charge is 0.341 e. The van der Waals surface area contributed by atoms with Gasteiger partial charge in [0, 0.05) is 31.5 Å². The molecule has 1 fully saturated rings. The number of pyridine rings is 1. The lowest BCUT2D eigenvalue weighted by molar-refractivity contribution is -0.141. The zero-order chi connectivity index (χ0) is 28.2. The molecule has 1 saturated heterocycles. The number of hydrazine groups is 1. The molecule has 0 saturated carbocycles. The van der Waals surface area contributed by atoms with Gasteiger partial charge in [-0.25, -0.2) is 23.4 Å². The normalized spacial score (nSPS) is 18.5. The zero-order valence-corrected chi connectivity index (χ0v) is 24.2. The summed E-state index contributed by atoms with van der Waals surface area (Å²) in [6, 6.07) is 6.55.